The van der Waals surface area contributed by atoms with E-state index in [0.717, 1.165) is 25.0 Å². The lowest BCUT2D eigenvalue weighted by molar-refractivity contribution is 0.104. The molecule has 1 rings (SSSR count). The summed E-state index contributed by atoms with van der Waals surface area (Å²) in [6.45, 7) is 4.79. The van der Waals surface area contributed by atoms with Crippen LogP contribution in [0.4, 0.5) is 0 Å². The van der Waals surface area contributed by atoms with E-state index in [1.165, 1.54) is 12.8 Å². The summed E-state index contributed by atoms with van der Waals surface area (Å²) in [6.07, 6.45) is 5.04. The molecule has 0 N–H and O–H groups in total. The smallest absolute Gasteiger partial charge is 0.0579 e. The van der Waals surface area contributed by atoms with E-state index in [2.05, 4.69) is 6.58 Å². The van der Waals surface area contributed by atoms with E-state index in [4.69, 9.17) is 16.3 Å². The summed E-state index contributed by atoms with van der Waals surface area (Å²) < 4.78 is 5.46. The first kappa shape index (κ1) is 9.08. The zero-order valence-corrected chi connectivity index (χ0v) is 7.57. The van der Waals surface area contributed by atoms with E-state index in [0.29, 0.717) is 12.0 Å². The highest BCUT2D eigenvalue weighted by Crippen LogP contribution is 2.18. The molecule has 0 amide bonds. The lowest BCUT2D eigenvalue weighted by Gasteiger charge is -2.08. The van der Waals surface area contributed by atoms with Crippen molar-refractivity contribution in [2.75, 3.05) is 12.5 Å². The number of hydrogen-bond acceptors (Lipinski definition) is 1. The van der Waals surface area contributed by atoms with Crippen LogP contribution in [0.2, 0.25) is 0 Å². The molecule has 1 aliphatic rings. The van der Waals surface area contributed by atoms with E-state index in [9.17, 15) is 0 Å². The van der Waals surface area contributed by atoms with Crippen LogP contribution < -0.4 is 0 Å². The molecule has 1 saturated heterocycles. The van der Waals surface area contributed by atoms with Crippen molar-refractivity contribution in [3.8, 4) is 0 Å². The first-order valence-electron chi connectivity index (χ1n) is 4.17. The fourth-order valence-electron chi connectivity index (χ4n) is 1.30. The van der Waals surface area contributed by atoms with Gasteiger partial charge in [-0.2, -0.15) is 0 Å². The third-order valence-corrected chi connectivity index (χ3v) is 2.41. The highest BCUT2D eigenvalue weighted by atomic mass is 35.5. The topological polar surface area (TPSA) is 9.23 Å². The first-order chi connectivity index (χ1) is 5.33. The molecule has 0 aromatic rings. The second kappa shape index (κ2) is 4.78. The maximum atomic E-state index is 5.60. The molecule has 0 saturated carbocycles. The Kier molecular flexibility index (Phi) is 3.95. The van der Waals surface area contributed by atoms with Crippen LogP contribution in [0.5, 0.6) is 0 Å². The van der Waals surface area contributed by atoms with Crippen molar-refractivity contribution in [1.82, 2.24) is 0 Å². The van der Waals surface area contributed by atoms with Crippen LogP contribution in [-0.4, -0.2) is 18.6 Å². The molecule has 2 heteroatoms. The number of ether oxygens (including phenoxy) is 1. The van der Waals surface area contributed by atoms with Gasteiger partial charge in [-0.25, -0.2) is 0 Å². The highest BCUT2D eigenvalue weighted by molar-refractivity contribution is 6.19. The second-order valence-corrected chi connectivity index (χ2v) is 3.32. The molecule has 1 aliphatic heterocycles. The molecular formula is C9H15ClO. The van der Waals surface area contributed by atoms with Crippen LogP contribution >= 0.6 is 11.6 Å². The van der Waals surface area contributed by atoms with Gasteiger partial charge in [-0.3, -0.25) is 0 Å². The van der Waals surface area contributed by atoms with E-state index in [-0.39, 0.29) is 0 Å². The van der Waals surface area contributed by atoms with Crippen LogP contribution in [-0.2, 0) is 4.74 Å². The molecule has 1 atom stereocenters. The van der Waals surface area contributed by atoms with Crippen molar-refractivity contribution in [2.24, 2.45) is 0 Å². The summed E-state index contributed by atoms with van der Waals surface area (Å²) in [7, 11) is 0. The Balaban J connectivity index is 2.06. The van der Waals surface area contributed by atoms with Gasteiger partial charge in [0.05, 0.1) is 6.10 Å². The zero-order chi connectivity index (χ0) is 8.10. The molecule has 0 aliphatic carbocycles. The monoisotopic (exact) mass is 174 g/mol. The third-order valence-electron chi connectivity index (χ3n) is 2.03. The van der Waals surface area contributed by atoms with E-state index >= 15 is 0 Å². The largest absolute Gasteiger partial charge is 0.378 e. The summed E-state index contributed by atoms with van der Waals surface area (Å²) >= 11 is 5.60. The van der Waals surface area contributed by atoms with Gasteiger partial charge in [0.1, 0.15) is 0 Å². The van der Waals surface area contributed by atoms with Gasteiger partial charge < -0.3 is 4.74 Å². The molecule has 1 unspecified atom stereocenters. The summed E-state index contributed by atoms with van der Waals surface area (Å²) in [5.74, 6) is 0.590. The molecule has 0 aromatic heterocycles. The van der Waals surface area contributed by atoms with E-state index < -0.39 is 0 Å². The van der Waals surface area contributed by atoms with Crippen molar-refractivity contribution in [3.63, 3.8) is 0 Å². The molecule has 1 heterocycles. The molecule has 0 radical (unpaired) electrons. The fourth-order valence-corrected chi connectivity index (χ4v) is 1.44. The standard InChI is InChI=1S/C9H15ClO/c1-8(7-10)4-5-9-3-2-6-11-9/h9H,1-7H2. The Bertz CT molecular complexity index is 128. The molecule has 0 spiro atoms. The van der Waals surface area contributed by atoms with Gasteiger partial charge in [0, 0.05) is 12.5 Å². The summed E-state index contributed by atoms with van der Waals surface area (Å²) in [5, 5.41) is 0. The summed E-state index contributed by atoms with van der Waals surface area (Å²) in [4.78, 5) is 0. The maximum absolute atomic E-state index is 5.60. The first-order valence-corrected chi connectivity index (χ1v) is 4.70. The van der Waals surface area contributed by atoms with Crippen molar-refractivity contribution in [3.05, 3.63) is 12.2 Å². The third kappa shape index (κ3) is 3.26. The Labute approximate surface area is 73.4 Å². The van der Waals surface area contributed by atoms with E-state index in [1.807, 2.05) is 0 Å². The predicted octanol–water partition coefficient (Wildman–Crippen LogP) is 2.74. The van der Waals surface area contributed by atoms with Crippen LogP contribution in [0.3, 0.4) is 0 Å². The maximum Gasteiger partial charge on any atom is 0.0579 e. The minimum absolute atomic E-state index is 0.481. The van der Waals surface area contributed by atoms with Crippen molar-refractivity contribution in [2.45, 2.75) is 31.8 Å². The Hall–Kier alpha value is -0.0100. The molecule has 0 bridgehead atoms. The molecule has 1 nitrogen and oxygen atoms in total. The Morgan fingerprint density at radius 1 is 1.64 bits per heavy atom. The van der Waals surface area contributed by atoms with Crippen molar-refractivity contribution < 1.29 is 4.74 Å². The van der Waals surface area contributed by atoms with Crippen molar-refractivity contribution in [1.29, 1.82) is 0 Å². The van der Waals surface area contributed by atoms with Gasteiger partial charge in [-0.1, -0.05) is 12.2 Å². The SMILES string of the molecule is C=C(CCl)CCC1CCCO1. The van der Waals surface area contributed by atoms with Gasteiger partial charge >= 0.3 is 0 Å². The average molecular weight is 175 g/mol. The average Bonchev–Trinajstić information content (AvgIpc) is 2.52. The normalized spacial score (nSPS) is 23.9. The Morgan fingerprint density at radius 3 is 3.00 bits per heavy atom. The number of allylic oxidation sites excluding steroid dienone is 1. The van der Waals surface area contributed by atoms with Gasteiger partial charge in [0.15, 0.2) is 0 Å². The number of hydrogen-bond donors (Lipinski definition) is 0. The lowest BCUT2D eigenvalue weighted by Crippen LogP contribution is -2.04. The van der Waals surface area contributed by atoms with E-state index in [1.54, 1.807) is 0 Å². The quantitative estimate of drug-likeness (QED) is 0.471. The van der Waals surface area contributed by atoms with Crippen LogP contribution in [0.25, 0.3) is 0 Å². The van der Waals surface area contributed by atoms with Gasteiger partial charge in [0.2, 0.25) is 0 Å². The minimum Gasteiger partial charge on any atom is -0.378 e. The van der Waals surface area contributed by atoms with Crippen LogP contribution in [0.15, 0.2) is 12.2 Å². The molecule has 11 heavy (non-hydrogen) atoms. The number of halogens is 1. The molecule has 0 aromatic carbocycles. The van der Waals surface area contributed by atoms with Crippen molar-refractivity contribution >= 4 is 11.6 Å². The molecule has 64 valence electrons. The number of rotatable bonds is 4. The summed E-state index contributed by atoms with van der Waals surface area (Å²) in [5.41, 5.74) is 1.13. The van der Waals surface area contributed by atoms with Gasteiger partial charge in [-0.15, -0.1) is 11.6 Å². The van der Waals surface area contributed by atoms with Crippen LogP contribution in [0.1, 0.15) is 25.7 Å². The Morgan fingerprint density at radius 2 is 2.45 bits per heavy atom. The second-order valence-electron chi connectivity index (χ2n) is 3.06. The van der Waals surface area contributed by atoms with Gasteiger partial charge in [0.25, 0.3) is 0 Å². The number of alkyl halides is 1. The zero-order valence-electron chi connectivity index (χ0n) is 6.81. The predicted molar refractivity (Wildman–Crippen MR) is 48.1 cm³/mol. The molecule has 1 fully saturated rings. The minimum atomic E-state index is 0.481. The summed E-state index contributed by atoms with van der Waals surface area (Å²) in [6, 6.07) is 0. The lowest BCUT2D eigenvalue weighted by atomic mass is 10.1. The van der Waals surface area contributed by atoms with Crippen LogP contribution in [0, 0.1) is 0 Å². The van der Waals surface area contributed by atoms with Gasteiger partial charge in [-0.05, 0) is 25.7 Å². The fraction of sp³-hybridized carbons (Fsp3) is 0.778. The molecular weight excluding hydrogens is 160 g/mol. The highest BCUT2D eigenvalue weighted by Gasteiger charge is 2.14.